The van der Waals surface area contributed by atoms with E-state index >= 15 is 0 Å². The fourth-order valence-corrected chi connectivity index (χ4v) is 3.55. The van der Waals surface area contributed by atoms with Gasteiger partial charge in [0.05, 0.1) is 16.7 Å². The molecular weight excluding hydrogens is 317 g/mol. The predicted octanol–water partition coefficient (Wildman–Crippen LogP) is 3.99. The topological polar surface area (TPSA) is 18.5 Å². The summed E-state index contributed by atoms with van der Waals surface area (Å²) in [5, 5.41) is 0.254. The van der Waals surface area contributed by atoms with Crippen LogP contribution in [-0.4, -0.2) is 37.9 Å². The first-order chi connectivity index (χ1) is 7.89. The van der Waals surface area contributed by atoms with E-state index in [4.69, 9.17) is 9.16 Å². The Balaban J connectivity index is 4.24. The Morgan fingerprint density at radius 3 is 2.00 bits per heavy atom. The number of thioether (sulfide) groups is 1. The average Bonchev–Trinajstić information content (AvgIpc) is 2.14. The minimum absolute atomic E-state index is 0.0355. The van der Waals surface area contributed by atoms with Gasteiger partial charge in [-0.05, 0) is 18.1 Å². The highest BCUT2D eigenvalue weighted by Crippen LogP contribution is 2.45. The smallest absolute Gasteiger partial charge is 0.192 e. The summed E-state index contributed by atoms with van der Waals surface area (Å²) in [6, 6.07) is 0. The molecule has 18 heavy (non-hydrogen) atoms. The van der Waals surface area contributed by atoms with Crippen molar-refractivity contribution in [3.63, 3.8) is 0 Å². The van der Waals surface area contributed by atoms with Crippen LogP contribution in [0.15, 0.2) is 0 Å². The second kappa shape index (κ2) is 7.69. The van der Waals surface area contributed by atoms with Crippen LogP contribution in [0.4, 0.5) is 0 Å². The van der Waals surface area contributed by atoms with E-state index in [2.05, 4.69) is 61.6 Å². The average molecular weight is 346 g/mol. The highest BCUT2D eigenvalue weighted by molar-refractivity contribution is 8.13. The van der Waals surface area contributed by atoms with Crippen molar-refractivity contribution in [3.8, 4) is 0 Å². The standard InChI is InChI=1S/C11H29O2P3SSi/c1-10(2,3)18(5,6)13-7-9(12-4)8-17-11(14,15)16/h9H,7-8,14-16H2,1-6H3/t9-/m0/s1. The van der Waals surface area contributed by atoms with Gasteiger partial charge in [-0.15, -0.1) is 39.5 Å². The summed E-state index contributed by atoms with van der Waals surface area (Å²) in [5.74, 6) is 0.932. The van der Waals surface area contributed by atoms with Crippen molar-refractivity contribution in [1.82, 2.24) is 0 Å². The van der Waals surface area contributed by atoms with Gasteiger partial charge < -0.3 is 9.16 Å². The molecule has 0 aliphatic rings. The Morgan fingerprint density at radius 2 is 1.67 bits per heavy atom. The quantitative estimate of drug-likeness (QED) is 0.513. The molecule has 0 N–H and O–H groups in total. The van der Waals surface area contributed by atoms with Crippen LogP contribution in [0.3, 0.4) is 0 Å². The molecule has 4 atom stereocenters. The number of hydrogen-bond acceptors (Lipinski definition) is 3. The van der Waals surface area contributed by atoms with Crippen molar-refractivity contribution >= 4 is 47.8 Å². The zero-order valence-electron chi connectivity index (χ0n) is 12.4. The van der Waals surface area contributed by atoms with Gasteiger partial charge in [0.1, 0.15) is 0 Å². The molecule has 0 aromatic carbocycles. The fourth-order valence-electron chi connectivity index (χ4n) is 0.939. The molecule has 3 unspecified atom stereocenters. The van der Waals surface area contributed by atoms with Crippen LogP contribution in [0.25, 0.3) is 0 Å². The van der Waals surface area contributed by atoms with Gasteiger partial charge in [0.2, 0.25) is 0 Å². The summed E-state index contributed by atoms with van der Waals surface area (Å²) in [7, 11) is 8.44. The lowest BCUT2D eigenvalue weighted by Crippen LogP contribution is -2.43. The maximum absolute atomic E-state index is 6.19. The summed E-state index contributed by atoms with van der Waals surface area (Å²) in [5.41, 5.74) is 0. The van der Waals surface area contributed by atoms with E-state index < -0.39 is 8.32 Å². The Kier molecular flexibility index (Phi) is 8.45. The molecule has 0 rings (SSSR count). The normalized spacial score (nSPS) is 15.8. The van der Waals surface area contributed by atoms with E-state index in [-0.39, 0.29) is 15.1 Å². The maximum Gasteiger partial charge on any atom is 0.192 e. The lowest BCUT2D eigenvalue weighted by atomic mass is 10.2. The largest absolute Gasteiger partial charge is 0.414 e. The molecule has 0 fully saturated rings. The Labute approximate surface area is 125 Å². The molecule has 0 saturated carbocycles. The SMILES string of the molecule is CO[C@@H](CO[Si](C)(C)C(C)(C)C)CSC(P)(P)P. The van der Waals surface area contributed by atoms with Crippen molar-refractivity contribution in [1.29, 1.82) is 0 Å². The minimum atomic E-state index is -1.66. The third-order valence-corrected chi connectivity index (χ3v) is 10.3. The third-order valence-electron chi connectivity index (χ3n) is 3.29. The third kappa shape index (κ3) is 8.15. The Hall–Kier alpha value is 1.78. The van der Waals surface area contributed by atoms with Crippen LogP contribution in [0.5, 0.6) is 0 Å². The van der Waals surface area contributed by atoms with Crippen LogP contribution >= 0.6 is 39.5 Å². The molecule has 0 aliphatic carbocycles. The van der Waals surface area contributed by atoms with E-state index in [1.165, 1.54) is 0 Å². The summed E-state index contributed by atoms with van der Waals surface area (Å²) in [6.45, 7) is 12.0. The maximum atomic E-state index is 6.19. The van der Waals surface area contributed by atoms with Crippen molar-refractivity contribution in [2.75, 3.05) is 19.5 Å². The molecule has 0 aliphatic heterocycles. The van der Waals surface area contributed by atoms with Crippen LogP contribution in [0, 0.1) is 0 Å². The second-order valence-corrected chi connectivity index (χ2v) is 18.4. The summed E-state index contributed by atoms with van der Waals surface area (Å²) in [6.07, 6.45) is 0.158. The van der Waals surface area contributed by atoms with E-state index in [1.807, 2.05) is 11.8 Å². The summed E-state index contributed by atoms with van der Waals surface area (Å²) in [4.78, 5) is 0. The zero-order valence-corrected chi connectivity index (χ0v) is 17.7. The van der Waals surface area contributed by atoms with Crippen LogP contribution in [-0.2, 0) is 9.16 Å². The molecule has 0 aromatic heterocycles. The van der Waals surface area contributed by atoms with Gasteiger partial charge >= 0.3 is 0 Å². The molecular formula is C11H29O2P3SSi. The van der Waals surface area contributed by atoms with Gasteiger partial charge in [0.15, 0.2) is 8.32 Å². The van der Waals surface area contributed by atoms with E-state index in [1.54, 1.807) is 7.11 Å². The van der Waals surface area contributed by atoms with E-state index in [9.17, 15) is 0 Å². The van der Waals surface area contributed by atoms with E-state index in [0.29, 0.717) is 6.61 Å². The summed E-state index contributed by atoms with van der Waals surface area (Å²) >= 11 is 1.82. The molecule has 0 heterocycles. The molecule has 7 heteroatoms. The van der Waals surface area contributed by atoms with Crippen molar-refractivity contribution in [3.05, 3.63) is 0 Å². The highest BCUT2D eigenvalue weighted by atomic mass is 32.2. The Bertz CT molecular complexity index is 252. The molecule has 0 radical (unpaired) electrons. The number of methoxy groups -OCH3 is 1. The van der Waals surface area contributed by atoms with Crippen molar-refractivity contribution < 1.29 is 9.16 Å². The molecule has 0 saturated heterocycles. The fraction of sp³-hybridized carbons (Fsp3) is 1.00. The lowest BCUT2D eigenvalue weighted by molar-refractivity contribution is 0.0696. The zero-order chi connectivity index (χ0) is 14.6. The van der Waals surface area contributed by atoms with Gasteiger partial charge in [-0.1, -0.05) is 20.8 Å². The first-order valence-electron chi connectivity index (χ1n) is 6.06. The Morgan fingerprint density at radius 1 is 1.17 bits per heavy atom. The predicted molar refractivity (Wildman–Crippen MR) is 98.3 cm³/mol. The van der Waals surface area contributed by atoms with Gasteiger partial charge in [0, 0.05) is 12.9 Å². The van der Waals surface area contributed by atoms with Crippen molar-refractivity contribution in [2.24, 2.45) is 0 Å². The molecule has 0 aromatic rings. The molecule has 2 nitrogen and oxygen atoms in total. The number of rotatable bonds is 7. The van der Waals surface area contributed by atoms with Crippen LogP contribution in [0.2, 0.25) is 18.1 Å². The molecule has 0 spiro atoms. The van der Waals surface area contributed by atoms with E-state index in [0.717, 1.165) is 5.75 Å². The van der Waals surface area contributed by atoms with Crippen molar-refractivity contribution in [2.45, 2.75) is 49.0 Å². The highest BCUT2D eigenvalue weighted by Gasteiger charge is 2.37. The van der Waals surface area contributed by atoms with Gasteiger partial charge in [0.25, 0.3) is 0 Å². The minimum Gasteiger partial charge on any atom is -0.414 e. The van der Waals surface area contributed by atoms with Gasteiger partial charge in [-0.3, -0.25) is 0 Å². The lowest BCUT2D eigenvalue weighted by Gasteiger charge is -2.37. The van der Waals surface area contributed by atoms with Crippen LogP contribution in [0.1, 0.15) is 20.8 Å². The molecule has 110 valence electrons. The molecule has 0 amide bonds. The molecule has 0 bridgehead atoms. The van der Waals surface area contributed by atoms with Gasteiger partial charge in [-0.2, -0.15) is 0 Å². The second-order valence-electron chi connectivity index (χ2n) is 6.09. The first-order valence-corrected chi connectivity index (χ1v) is 11.7. The van der Waals surface area contributed by atoms with Gasteiger partial charge in [-0.25, -0.2) is 0 Å². The summed E-state index contributed by atoms with van der Waals surface area (Å²) < 4.78 is 11.7. The number of ether oxygens (including phenoxy) is 1. The monoisotopic (exact) mass is 346 g/mol. The first kappa shape index (κ1) is 19.8. The number of hydrogen-bond donors (Lipinski definition) is 0. The van der Waals surface area contributed by atoms with Crippen LogP contribution < -0.4 is 0 Å².